The summed E-state index contributed by atoms with van der Waals surface area (Å²) in [6, 6.07) is 5.50. The summed E-state index contributed by atoms with van der Waals surface area (Å²) >= 11 is -4.76. The summed E-state index contributed by atoms with van der Waals surface area (Å²) in [7, 11) is 0. The van der Waals surface area contributed by atoms with Gasteiger partial charge in [-0.05, 0) is 47.0 Å². The van der Waals surface area contributed by atoms with Gasteiger partial charge in [-0.2, -0.15) is 0 Å². The summed E-state index contributed by atoms with van der Waals surface area (Å²) in [5, 5.41) is 14.3. The predicted molar refractivity (Wildman–Crippen MR) is 97.9 cm³/mol. The van der Waals surface area contributed by atoms with Crippen LogP contribution in [0.25, 0.3) is 0 Å². The number of hydrogen-bond donors (Lipinski definition) is 4. The van der Waals surface area contributed by atoms with Crippen molar-refractivity contribution in [2.75, 3.05) is 5.32 Å². The molecule has 7 nitrogen and oxygen atoms in total. The van der Waals surface area contributed by atoms with Crippen molar-refractivity contribution < 1.29 is 21.8 Å². The van der Waals surface area contributed by atoms with E-state index < -0.39 is 14.2 Å². The van der Waals surface area contributed by atoms with Gasteiger partial charge in [0.1, 0.15) is 0 Å². The second kappa shape index (κ2) is 8.51. The average Bonchev–Trinajstić information content (AvgIpc) is 2.45. The number of benzene rings is 1. The number of rotatable bonds is 3. The molecule has 1 heterocycles. The molecule has 0 aromatic heterocycles. The zero-order valence-electron chi connectivity index (χ0n) is 15.5. The molecular formula is C17H29AsN2O5. The molecule has 142 valence electrons. The van der Waals surface area contributed by atoms with Crippen molar-refractivity contribution in [3.05, 3.63) is 24.3 Å². The number of anilines is 1. The number of carbonyl (C=O) groups is 1. The molecule has 0 aliphatic carbocycles. The summed E-state index contributed by atoms with van der Waals surface area (Å²) in [5.41, 5.74) is 1.23. The molecule has 1 fully saturated rings. The Balaban J connectivity index is 0.000000271. The Morgan fingerprint density at radius 1 is 1.16 bits per heavy atom. The van der Waals surface area contributed by atoms with Gasteiger partial charge in [-0.1, -0.05) is 0 Å². The van der Waals surface area contributed by atoms with E-state index in [0.717, 1.165) is 0 Å². The van der Waals surface area contributed by atoms with Crippen LogP contribution >= 0.6 is 0 Å². The fraction of sp³-hybridized carbons (Fsp3) is 0.588. The third kappa shape index (κ3) is 7.75. The van der Waals surface area contributed by atoms with Gasteiger partial charge in [0.05, 0.1) is 0 Å². The average molecular weight is 416 g/mol. The van der Waals surface area contributed by atoms with Crippen molar-refractivity contribution in [3.8, 4) is 0 Å². The van der Waals surface area contributed by atoms with E-state index in [4.69, 9.17) is 9.35 Å². The molecule has 1 saturated heterocycles. The van der Waals surface area contributed by atoms with Gasteiger partial charge in [0.15, 0.2) is 0 Å². The van der Waals surface area contributed by atoms with E-state index in [0.29, 0.717) is 16.8 Å². The van der Waals surface area contributed by atoms with Crippen molar-refractivity contribution in [1.29, 1.82) is 0 Å². The van der Waals surface area contributed by atoms with Gasteiger partial charge in [0.2, 0.25) is 0 Å². The molecule has 1 amide bonds. The minimum atomic E-state index is -4.76. The van der Waals surface area contributed by atoms with Crippen molar-refractivity contribution in [2.45, 2.75) is 65.0 Å². The van der Waals surface area contributed by atoms with Crippen LogP contribution in [0.15, 0.2) is 24.3 Å². The molecule has 1 aliphatic rings. The molecule has 1 aromatic carbocycles. The number of hydrogen-bond acceptors (Lipinski definition) is 5. The third-order valence-electron chi connectivity index (χ3n) is 3.90. The Kier molecular flexibility index (Phi) is 7.47. The van der Waals surface area contributed by atoms with E-state index in [1.165, 1.54) is 50.5 Å². The van der Waals surface area contributed by atoms with Crippen LogP contribution < -0.4 is 15.0 Å². The van der Waals surface area contributed by atoms with Gasteiger partial charge in [-0.15, -0.1) is 0 Å². The maximum atomic E-state index is 11.2. The summed E-state index contributed by atoms with van der Waals surface area (Å²) in [4.78, 5) is 10.7. The summed E-state index contributed by atoms with van der Waals surface area (Å²) in [5.74, 6) is -0.237. The monoisotopic (exact) mass is 416 g/mol. The van der Waals surface area contributed by atoms with Crippen LogP contribution in [0.4, 0.5) is 5.69 Å². The first kappa shape index (κ1) is 21.9. The van der Waals surface area contributed by atoms with Crippen LogP contribution in [-0.4, -0.2) is 40.5 Å². The Bertz CT molecular complexity index is 614. The van der Waals surface area contributed by atoms with E-state index in [1.807, 2.05) is 0 Å². The zero-order valence-corrected chi connectivity index (χ0v) is 17.4. The number of piperidine rings is 1. The summed E-state index contributed by atoms with van der Waals surface area (Å²) in [6.07, 6.45) is 4.00. The van der Waals surface area contributed by atoms with Crippen LogP contribution in [0, 0.1) is 0 Å². The molecule has 1 aliphatic heterocycles. The van der Waals surface area contributed by atoms with Gasteiger partial charge in [0, 0.05) is 11.1 Å². The fourth-order valence-electron chi connectivity index (χ4n) is 3.00. The molecule has 2 rings (SSSR count). The van der Waals surface area contributed by atoms with Crippen molar-refractivity contribution in [3.63, 3.8) is 0 Å². The molecule has 1 unspecified atom stereocenters. The second-order valence-electron chi connectivity index (χ2n) is 7.58. The minimum Gasteiger partial charge on any atom is -0.307 e. The Morgan fingerprint density at radius 2 is 1.64 bits per heavy atom. The Hall–Kier alpha value is -1.11. The molecule has 0 bridgehead atoms. The first-order chi connectivity index (χ1) is 11.4. The van der Waals surface area contributed by atoms with Crippen LogP contribution in [-0.2, 0) is 12.4 Å². The standard InChI is InChI=1S/C9H19N.C8H10AsNO5/c1-8(2)6-5-7-9(3,4)10-8;1-6(11)10-8-4-2-7(3-5-8)9(12,13)15-14/h10H,5-7H2,1-4H3;2-5,14H,1H3,(H,10,11)(H,12,13). The van der Waals surface area contributed by atoms with E-state index in [-0.39, 0.29) is 10.3 Å². The predicted octanol–water partition coefficient (Wildman–Crippen LogP) is 2.02. The smallest absolute Gasteiger partial charge is 0.0130 e. The van der Waals surface area contributed by atoms with Crippen molar-refractivity contribution in [1.82, 2.24) is 5.32 Å². The third-order valence-corrected chi connectivity index (χ3v) is 6.36. The molecule has 4 N–H and O–H groups in total. The summed E-state index contributed by atoms with van der Waals surface area (Å²) < 4.78 is 23.8. The van der Waals surface area contributed by atoms with Crippen molar-refractivity contribution >= 4 is 30.1 Å². The molecule has 1 aromatic rings. The van der Waals surface area contributed by atoms with Crippen molar-refractivity contribution in [2.24, 2.45) is 0 Å². The van der Waals surface area contributed by atoms with E-state index >= 15 is 0 Å². The largest absolute Gasteiger partial charge is 0.307 e. The first-order valence-electron chi connectivity index (χ1n) is 8.20. The number of carbonyl (C=O) groups excluding carboxylic acids is 1. The number of amides is 1. The van der Waals surface area contributed by atoms with Crippen LogP contribution in [0.1, 0.15) is 53.9 Å². The Labute approximate surface area is 152 Å². The topological polar surface area (TPSA) is 108 Å². The molecule has 8 heteroatoms. The van der Waals surface area contributed by atoms with E-state index in [2.05, 4.69) is 42.2 Å². The minimum absolute atomic E-state index is 0.00438. The normalized spacial score (nSPS) is 20.6. The first-order valence-corrected chi connectivity index (χ1v) is 11.5. The van der Waals surface area contributed by atoms with Crippen LogP contribution in [0.5, 0.6) is 0 Å². The summed E-state index contributed by atoms with van der Waals surface area (Å²) in [6.45, 7) is 10.5. The van der Waals surface area contributed by atoms with Gasteiger partial charge < -0.3 is 5.32 Å². The maximum Gasteiger partial charge on any atom is 0.0130 e. The maximum absolute atomic E-state index is 11.2. The molecule has 0 spiro atoms. The Morgan fingerprint density at radius 3 is 1.96 bits per heavy atom. The molecule has 0 radical (unpaired) electrons. The van der Waals surface area contributed by atoms with Gasteiger partial charge >= 0.3 is 88.4 Å². The number of nitrogens with one attached hydrogen (secondary N) is 2. The fourth-order valence-corrected chi connectivity index (χ4v) is 4.30. The van der Waals surface area contributed by atoms with Gasteiger partial charge in [0.25, 0.3) is 0 Å². The van der Waals surface area contributed by atoms with Gasteiger partial charge in [-0.3, -0.25) is 0 Å². The zero-order chi connectivity index (χ0) is 19.3. The van der Waals surface area contributed by atoms with Crippen LogP contribution in [0.3, 0.4) is 0 Å². The molecule has 25 heavy (non-hydrogen) atoms. The SMILES string of the molecule is CC(=O)Nc1ccc([As](=O)(O)OO)cc1.CC1(C)CCCC(C)(C)N1. The van der Waals surface area contributed by atoms with Crippen LogP contribution in [0.2, 0.25) is 0 Å². The molecule has 1 atom stereocenters. The molecule has 0 saturated carbocycles. The van der Waals surface area contributed by atoms with Gasteiger partial charge in [-0.25, -0.2) is 0 Å². The molecular weight excluding hydrogens is 387 g/mol. The van der Waals surface area contributed by atoms with E-state index in [9.17, 15) is 8.53 Å². The van der Waals surface area contributed by atoms with E-state index in [1.54, 1.807) is 0 Å². The second-order valence-corrected chi connectivity index (χ2v) is 11.2. The quantitative estimate of drug-likeness (QED) is 0.341.